The van der Waals surface area contributed by atoms with E-state index in [1.165, 1.54) is 0 Å². The Bertz CT molecular complexity index is 760. The van der Waals surface area contributed by atoms with Crippen molar-refractivity contribution in [1.29, 1.82) is 0 Å². The number of amides is 1. The van der Waals surface area contributed by atoms with Crippen LogP contribution in [-0.4, -0.2) is 58.7 Å². The van der Waals surface area contributed by atoms with Gasteiger partial charge in [0.1, 0.15) is 11.6 Å². The first kappa shape index (κ1) is 18.2. The molecule has 0 unspecified atom stereocenters. The van der Waals surface area contributed by atoms with Crippen molar-refractivity contribution in [2.45, 2.75) is 34.1 Å². The smallest absolute Gasteiger partial charge is 0.227 e. The van der Waals surface area contributed by atoms with Gasteiger partial charge in [-0.2, -0.15) is 4.98 Å². The lowest BCUT2D eigenvalue weighted by Gasteiger charge is -2.35. The first-order valence-electron chi connectivity index (χ1n) is 9.02. The number of piperazine rings is 1. The first-order chi connectivity index (χ1) is 12.5. The van der Waals surface area contributed by atoms with Crippen LogP contribution in [0.1, 0.15) is 29.6 Å². The molecule has 0 radical (unpaired) electrons. The Labute approximate surface area is 153 Å². The number of carbonyl (C=O) groups excluding carboxylic acids is 1. The molecule has 1 saturated heterocycles. The molecular formula is C18H26N6O2. The number of nitrogens with zero attached hydrogens (tertiary/aromatic N) is 5. The maximum atomic E-state index is 12.6. The molecule has 1 N–H and O–H groups in total. The Morgan fingerprint density at radius 2 is 1.92 bits per heavy atom. The summed E-state index contributed by atoms with van der Waals surface area (Å²) in [4.78, 5) is 25.7. The Balaban J connectivity index is 1.61. The van der Waals surface area contributed by atoms with E-state index < -0.39 is 0 Å². The summed E-state index contributed by atoms with van der Waals surface area (Å²) in [5.41, 5.74) is 2.63. The molecule has 1 aliphatic rings. The van der Waals surface area contributed by atoms with Crippen molar-refractivity contribution in [3.8, 4) is 0 Å². The molecule has 0 bridgehead atoms. The summed E-state index contributed by atoms with van der Waals surface area (Å²) in [5, 5.41) is 7.09. The van der Waals surface area contributed by atoms with Gasteiger partial charge in [-0.25, -0.2) is 4.98 Å². The summed E-state index contributed by atoms with van der Waals surface area (Å²) in [6.45, 7) is 11.4. The van der Waals surface area contributed by atoms with E-state index in [4.69, 9.17) is 4.52 Å². The Kier molecular flexibility index (Phi) is 5.39. The predicted molar refractivity (Wildman–Crippen MR) is 99.4 cm³/mol. The summed E-state index contributed by atoms with van der Waals surface area (Å²) in [5.74, 6) is 2.40. The van der Waals surface area contributed by atoms with E-state index in [1.54, 1.807) is 0 Å². The fourth-order valence-electron chi connectivity index (χ4n) is 3.15. The molecular weight excluding hydrogens is 332 g/mol. The summed E-state index contributed by atoms with van der Waals surface area (Å²) in [6, 6.07) is 1.99. The number of rotatable bonds is 5. The summed E-state index contributed by atoms with van der Waals surface area (Å²) < 4.78 is 5.15. The van der Waals surface area contributed by atoms with E-state index in [0.717, 1.165) is 48.2 Å². The number of carbonyl (C=O) groups is 1. The SMILES string of the molecule is CCNc1nc(C)cc(N2CCN(C(=O)Cc3c(C)noc3C)CC2)n1. The second kappa shape index (κ2) is 7.72. The minimum atomic E-state index is 0.117. The van der Waals surface area contributed by atoms with Gasteiger partial charge in [0.25, 0.3) is 0 Å². The van der Waals surface area contributed by atoms with Crippen LogP contribution in [0.15, 0.2) is 10.6 Å². The van der Waals surface area contributed by atoms with Crippen LogP contribution in [0.2, 0.25) is 0 Å². The first-order valence-corrected chi connectivity index (χ1v) is 9.02. The van der Waals surface area contributed by atoms with Gasteiger partial charge in [-0.1, -0.05) is 5.16 Å². The van der Waals surface area contributed by atoms with Gasteiger partial charge in [-0.3, -0.25) is 4.79 Å². The van der Waals surface area contributed by atoms with E-state index in [-0.39, 0.29) is 5.91 Å². The zero-order valence-electron chi connectivity index (χ0n) is 15.9. The Hall–Kier alpha value is -2.64. The third-order valence-electron chi connectivity index (χ3n) is 4.64. The largest absolute Gasteiger partial charge is 0.361 e. The lowest BCUT2D eigenvalue weighted by Crippen LogP contribution is -2.49. The molecule has 3 heterocycles. The second-order valence-electron chi connectivity index (χ2n) is 6.57. The Morgan fingerprint density at radius 1 is 1.19 bits per heavy atom. The normalized spacial score (nSPS) is 14.6. The molecule has 8 heteroatoms. The molecule has 2 aromatic rings. The van der Waals surface area contributed by atoms with E-state index >= 15 is 0 Å². The molecule has 8 nitrogen and oxygen atoms in total. The van der Waals surface area contributed by atoms with Crippen LogP contribution in [-0.2, 0) is 11.2 Å². The van der Waals surface area contributed by atoms with Crippen LogP contribution < -0.4 is 10.2 Å². The average Bonchev–Trinajstić information content (AvgIpc) is 2.93. The molecule has 2 aromatic heterocycles. The van der Waals surface area contributed by atoms with Gasteiger partial charge in [0, 0.05) is 50.0 Å². The van der Waals surface area contributed by atoms with E-state index in [2.05, 4.69) is 25.3 Å². The third-order valence-corrected chi connectivity index (χ3v) is 4.64. The predicted octanol–water partition coefficient (Wildman–Crippen LogP) is 1.71. The lowest BCUT2D eigenvalue weighted by molar-refractivity contribution is -0.130. The lowest BCUT2D eigenvalue weighted by atomic mass is 10.1. The van der Waals surface area contributed by atoms with Crippen LogP contribution in [0.25, 0.3) is 0 Å². The van der Waals surface area contributed by atoms with Crippen molar-refractivity contribution in [3.05, 3.63) is 28.8 Å². The van der Waals surface area contributed by atoms with Crippen LogP contribution in [0.5, 0.6) is 0 Å². The third kappa shape index (κ3) is 3.95. The minimum absolute atomic E-state index is 0.117. The molecule has 1 aliphatic heterocycles. The molecule has 0 saturated carbocycles. The van der Waals surface area contributed by atoms with E-state index in [0.29, 0.717) is 25.5 Å². The van der Waals surface area contributed by atoms with Gasteiger partial charge in [0.05, 0.1) is 12.1 Å². The molecule has 26 heavy (non-hydrogen) atoms. The van der Waals surface area contributed by atoms with Gasteiger partial charge >= 0.3 is 0 Å². The number of hydrogen-bond donors (Lipinski definition) is 1. The van der Waals surface area contributed by atoms with Crippen LogP contribution >= 0.6 is 0 Å². The van der Waals surface area contributed by atoms with Gasteiger partial charge in [0.15, 0.2) is 0 Å². The number of anilines is 2. The quantitative estimate of drug-likeness (QED) is 0.870. The highest BCUT2D eigenvalue weighted by Gasteiger charge is 2.24. The molecule has 0 spiro atoms. The van der Waals surface area contributed by atoms with Gasteiger partial charge < -0.3 is 19.6 Å². The number of aryl methyl sites for hydroxylation is 3. The number of aromatic nitrogens is 3. The highest BCUT2D eigenvalue weighted by Crippen LogP contribution is 2.18. The Morgan fingerprint density at radius 3 is 2.54 bits per heavy atom. The zero-order chi connectivity index (χ0) is 18.7. The molecule has 0 aliphatic carbocycles. The second-order valence-corrected chi connectivity index (χ2v) is 6.57. The van der Waals surface area contributed by atoms with Gasteiger partial charge in [-0.15, -0.1) is 0 Å². The minimum Gasteiger partial charge on any atom is -0.361 e. The maximum absolute atomic E-state index is 12.6. The molecule has 0 atom stereocenters. The topological polar surface area (TPSA) is 87.4 Å². The molecule has 1 amide bonds. The van der Waals surface area contributed by atoms with Crippen molar-refractivity contribution in [1.82, 2.24) is 20.0 Å². The van der Waals surface area contributed by atoms with Crippen LogP contribution in [0.4, 0.5) is 11.8 Å². The molecule has 0 aromatic carbocycles. The monoisotopic (exact) mass is 358 g/mol. The van der Waals surface area contributed by atoms with Gasteiger partial charge in [0.2, 0.25) is 11.9 Å². The van der Waals surface area contributed by atoms with Crippen molar-refractivity contribution < 1.29 is 9.32 Å². The number of nitrogens with one attached hydrogen (secondary N) is 1. The van der Waals surface area contributed by atoms with Crippen molar-refractivity contribution in [2.24, 2.45) is 0 Å². The number of hydrogen-bond acceptors (Lipinski definition) is 7. The molecule has 3 rings (SSSR count). The highest BCUT2D eigenvalue weighted by atomic mass is 16.5. The summed E-state index contributed by atoms with van der Waals surface area (Å²) in [7, 11) is 0. The standard InChI is InChI=1S/C18H26N6O2/c1-5-19-18-20-12(2)10-16(21-18)23-6-8-24(9-7-23)17(25)11-15-13(3)22-26-14(15)4/h10H,5-9,11H2,1-4H3,(H,19,20,21). The maximum Gasteiger partial charge on any atom is 0.227 e. The average molecular weight is 358 g/mol. The molecule has 1 fully saturated rings. The highest BCUT2D eigenvalue weighted by molar-refractivity contribution is 5.79. The fraction of sp³-hybridized carbons (Fsp3) is 0.556. The van der Waals surface area contributed by atoms with Crippen molar-refractivity contribution >= 4 is 17.7 Å². The summed E-state index contributed by atoms with van der Waals surface area (Å²) >= 11 is 0. The van der Waals surface area contributed by atoms with E-state index in [1.807, 2.05) is 38.7 Å². The fourth-order valence-corrected chi connectivity index (χ4v) is 3.15. The van der Waals surface area contributed by atoms with Crippen molar-refractivity contribution in [3.63, 3.8) is 0 Å². The van der Waals surface area contributed by atoms with Crippen LogP contribution in [0, 0.1) is 20.8 Å². The van der Waals surface area contributed by atoms with Gasteiger partial charge in [-0.05, 0) is 27.7 Å². The zero-order valence-corrected chi connectivity index (χ0v) is 15.9. The van der Waals surface area contributed by atoms with E-state index in [9.17, 15) is 4.79 Å². The van der Waals surface area contributed by atoms with Crippen LogP contribution in [0.3, 0.4) is 0 Å². The summed E-state index contributed by atoms with van der Waals surface area (Å²) in [6.07, 6.45) is 0.346. The van der Waals surface area contributed by atoms with Crippen molar-refractivity contribution in [2.75, 3.05) is 42.9 Å². The molecule has 140 valence electrons.